The van der Waals surface area contributed by atoms with Gasteiger partial charge < -0.3 is 13.7 Å². The van der Waals surface area contributed by atoms with E-state index in [0.29, 0.717) is 16.7 Å². The van der Waals surface area contributed by atoms with E-state index in [9.17, 15) is 15.8 Å². The van der Waals surface area contributed by atoms with Crippen molar-refractivity contribution in [1.82, 2.24) is 13.7 Å². The van der Waals surface area contributed by atoms with Crippen LogP contribution in [0.4, 0.5) is 0 Å². The fourth-order valence-electron chi connectivity index (χ4n) is 8.87. The quantitative estimate of drug-likeness (QED) is 0.181. The molecule has 0 aliphatic heterocycles. The Balaban J connectivity index is 1.13. The zero-order valence-corrected chi connectivity index (χ0v) is 30.3. The van der Waals surface area contributed by atoms with E-state index in [-0.39, 0.29) is 0 Å². The minimum atomic E-state index is 0.558. The molecule has 0 bridgehead atoms. The largest absolute Gasteiger partial charge is 0.309 e. The molecule has 3 aromatic heterocycles. The minimum absolute atomic E-state index is 0.558. The first kappa shape index (κ1) is 32.1. The van der Waals surface area contributed by atoms with Crippen molar-refractivity contribution < 1.29 is 0 Å². The number of hydrogen-bond donors (Lipinski definition) is 0. The van der Waals surface area contributed by atoms with Crippen LogP contribution in [-0.2, 0) is 0 Å². The summed E-state index contributed by atoms with van der Waals surface area (Å²) in [6.07, 6.45) is 0. The Morgan fingerprint density at radius 2 is 0.772 bits per heavy atom. The van der Waals surface area contributed by atoms with Crippen LogP contribution >= 0.6 is 0 Å². The van der Waals surface area contributed by atoms with Gasteiger partial charge in [-0.3, -0.25) is 0 Å². The fraction of sp³-hybridized carbons (Fsp3) is 0. The zero-order chi connectivity index (χ0) is 38.2. The Morgan fingerprint density at radius 3 is 1.37 bits per heavy atom. The van der Waals surface area contributed by atoms with E-state index in [1.54, 1.807) is 0 Å². The summed E-state index contributed by atoms with van der Waals surface area (Å²) < 4.78 is 6.80. The lowest BCUT2D eigenvalue weighted by Crippen LogP contribution is -1.99. The highest BCUT2D eigenvalue weighted by Gasteiger charge is 2.20. The lowest BCUT2D eigenvalue weighted by Gasteiger charge is -2.16. The second-order valence-corrected chi connectivity index (χ2v) is 14.3. The van der Waals surface area contributed by atoms with Crippen LogP contribution in [0.25, 0.3) is 93.6 Å². The maximum Gasteiger partial charge on any atom is 0.0992 e. The highest BCUT2D eigenvalue weighted by molar-refractivity contribution is 6.13. The standard InChI is InChI=1S/C51H28N6/c52-29-32-17-20-49-42(25-32)39-10-2-6-14-46(39)55(49)36-19-22-50-44(28-36)41-12-3-7-15-47(41)56(50)37-24-34(31-54)23-35(27-37)38-9-1-5-13-45(38)57-48-16-8-4-11-40(48)43-26-33(30-53)18-21-51(43)57/h1-28H. The topological polar surface area (TPSA) is 86.2 Å². The molecule has 0 radical (unpaired) electrons. The number of hydrogen-bond acceptors (Lipinski definition) is 3. The van der Waals surface area contributed by atoms with Crippen molar-refractivity contribution in [1.29, 1.82) is 15.8 Å². The van der Waals surface area contributed by atoms with E-state index < -0.39 is 0 Å². The number of nitrogens with zero attached hydrogens (tertiary/aromatic N) is 6. The first-order chi connectivity index (χ1) is 28.1. The number of benzene rings is 8. The summed E-state index contributed by atoms with van der Waals surface area (Å²) >= 11 is 0. The maximum atomic E-state index is 10.5. The van der Waals surface area contributed by atoms with Crippen molar-refractivity contribution in [2.24, 2.45) is 0 Å². The van der Waals surface area contributed by atoms with Gasteiger partial charge >= 0.3 is 0 Å². The second-order valence-electron chi connectivity index (χ2n) is 14.3. The summed E-state index contributed by atoms with van der Waals surface area (Å²) in [6, 6.07) is 64.9. The van der Waals surface area contributed by atoms with Crippen LogP contribution in [0.1, 0.15) is 16.7 Å². The number of rotatable bonds is 4. The molecule has 11 rings (SSSR count). The van der Waals surface area contributed by atoms with Gasteiger partial charge in [-0.25, -0.2) is 0 Å². The van der Waals surface area contributed by atoms with E-state index in [1.807, 2.05) is 78.9 Å². The molecule has 0 aliphatic carbocycles. The number of nitriles is 3. The molecular formula is C51H28N6. The summed E-state index contributed by atoms with van der Waals surface area (Å²) in [7, 11) is 0. The minimum Gasteiger partial charge on any atom is -0.309 e. The smallest absolute Gasteiger partial charge is 0.0992 e. The Bertz CT molecular complexity index is 3630. The summed E-state index contributed by atoms with van der Waals surface area (Å²) in [6.45, 7) is 0. The number of para-hydroxylation sites is 4. The molecular weight excluding hydrogens is 697 g/mol. The van der Waals surface area contributed by atoms with Gasteiger partial charge in [-0.15, -0.1) is 0 Å². The molecule has 0 fully saturated rings. The molecule has 0 unspecified atom stereocenters. The van der Waals surface area contributed by atoms with Crippen molar-refractivity contribution in [3.05, 3.63) is 187 Å². The van der Waals surface area contributed by atoms with Gasteiger partial charge in [0.15, 0.2) is 0 Å². The molecule has 0 aliphatic rings. The summed E-state index contributed by atoms with van der Waals surface area (Å²) in [5.74, 6) is 0. The fourth-order valence-corrected chi connectivity index (χ4v) is 8.87. The predicted octanol–water partition coefficient (Wildman–Crippen LogP) is 12.3. The van der Waals surface area contributed by atoms with Gasteiger partial charge in [0, 0.05) is 49.3 Å². The van der Waals surface area contributed by atoms with Gasteiger partial charge in [0.2, 0.25) is 0 Å². The SMILES string of the molecule is N#Cc1cc(-c2ccccc2-n2c3ccccc3c3cc(C#N)ccc32)cc(-n2c3ccccc3c3cc(-n4c5ccccc5c5cc(C#N)ccc54)ccc32)c1. The van der Waals surface area contributed by atoms with E-state index >= 15 is 0 Å². The van der Waals surface area contributed by atoms with Crippen molar-refractivity contribution in [3.8, 4) is 46.4 Å². The molecule has 0 N–H and O–H groups in total. The van der Waals surface area contributed by atoms with Crippen LogP contribution in [0.3, 0.4) is 0 Å². The molecule has 8 aromatic carbocycles. The highest BCUT2D eigenvalue weighted by Crippen LogP contribution is 2.40. The molecule has 0 amide bonds. The lowest BCUT2D eigenvalue weighted by atomic mass is 10.00. The molecule has 0 saturated heterocycles. The van der Waals surface area contributed by atoms with Gasteiger partial charge in [0.25, 0.3) is 0 Å². The van der Waals surface area contributed by atoms with Gasteiger partial charge in [0.05, 0.1) is 73.7 Å². The van der Waals surface area contributed by atoms with Crippen molar-refractivity contribution in [3.63, 3.8) is 0 Å². The second kappa shape index (κ2) is 12.3. The van der Waals surface area contributed by atoms with Gasteiger partial charge in [-0.2, -0.15) is 15.8 Å². The highest BCUT2D eigenvalue weighted by atomic mass is 15.0. The molecule has 262 valence electrons. The zero-order valence-electron chi connectivity index (χ0n) is 30.3. The molecule has 3 heterocycles. The summed E-state index contributed by atoms with van der Waals surface area (Å²) in [5, 5.41) is 36.3. The van der Waals surface area contributed by atoms with Crippen LogP contribution in [0.15, 0.2) is 170 Å². The average Bonchev–Trinajstić information content (AvgIpc) is 3.91. The van der Waals surface area contributed by atoms with Crippen LogP contribution < -0.4 is 0 Å². The third-order valence-corrected chi connectivity index (χ3v) is 11.3. The van der Waals surface area contributed by atoms with Crippen LogP contribution in [-0.4, -0.2) is 13.7 Å². The molecule has 0 saturated carbocycles. The van der Waals surface area contributed by atoms with Crippen molar-refractivity contribution in [2.45, 2.75) is 0 Å². The van der Waals surface area contributed by atoms with Gasteiger partial charge in [0.1, 0.15) is 0 Å². The lowest BCUT2D eigenvalue weighted by molar-refractivity contribution is 1.16. The summed E-state index contributed by atoms with van der Waals surface area (Å²) in [5.41, 5.74) is 12.8. The first-order valence-corrected chi connectivity index (χ1v) is 18.7. The van der Waals surface area contributed by atoms with Crippen LogP contribution in [0, 0.1) is 34.0 Å². The molecule has 6 nitrogen and oxygen atoms in total. The van der Waals surface area contributed by atoms with Crippen molar-refractivity contribution >= 4 is 65.4 Å². The van der Waals surface area contributed by atoms with Crippen LogP contribution in [0.5, 0.6) is 0 Å². The Kier molecular flexibility index (Phi) is 6.95. The van der Waals surface area contributed by atoms with Gasteiger partial charge in [-0.1, -0.05) is 72.8 Å². The Morgan fingerprint density at radius 1 is 0.316 bits per heavy atom. The normalized spacial score (nSPS) is 11.5. The molecule has 0 atom stereocenters. The molecule has 57 heavy (non-hydrogen) atoms. The monoisotopic (exact) mass is 724 g/mol. The van der Waals surface area contributed by atoms with Gasteiger partial charge in [-0.05, 0) is 103 Å². The molecule has 0 spiro atoms. The summed E-state index contributed by atoms with van der Waals surface area (Å²) in [4.78, 5) is 0. The van der Waals surface area contributed by atoms with Crippen molar-refractivity contribution in [2.75, 3.05) is 0 Å². The molecule has 6 heteroatoms. The predicted molar refractivity (Wildman–Crippen MR) is 229 cm³/mol. The third-order valence-electron chi connectivity index (χ3n) is 11.3. The Labute approximate surface area is 326 Å². The van der Waals surface area contributed by atoms with Crippen LogP contribution in [0.2, 0.25) is 0 Å². The maximum absolute atomic E-state index is 10.5. The van der Waals surface area contributed by atoms with E-state index in [2.05, 4.69) is 123 Å². The number of fused-ring (bicyclic) bond motifs is 9. The Hall–Kier alpha value is -8.37. The number of aromatic nitrogens is 3. The third kappa shape index (κ3) is 4.74. The van der Waals surface area contributed by atoms with E-state index in [1.165, 1.54) is 0 Å². The molecule has 11 aromatic rings. The van der Waals surface area contributed by atoms with E-state index in [4.69, 9.17) is 0 Å². The average molecular weight is 725 g/mol. The van der Waals surface area contributed by atoms with E-state index in [0.717, 1.165) is 93.6 Å². The first-order valence-electron chi connectivity index (χ1n) is 18.7.